The van der Waals surface area contributed by atoms with Gasteiger partial charge >= 0.3 is 0 Å². The van der Waals surface area contributed by atoms with Gasteiger partial charge in [0.05, 0.1) is 18.3 Å². The quantitative estimate of drug-likeness (QED) is 0.889. The van der Waals surface area contributed by atoms with Gasteiger partial charge in [0.2, 0.25) is 11.8 Å². The molecule has 1 saturated heterocycles. The van der Waals surface area contributed by atoms with E-state index in [9.17, 15) is 9.59 Å². The molecule has 7 heteroatoms. The first kappa shape index (κ1) is 17.7. The number of aromatic nitrogens is 2. The second-order valence-corrected chi connectivity index (χ2v) is 6.93. The third-order valence-electron chi connectivity index (χ3n) is 4.57. The average molecular weight is 363 g/mol. The topological polar surface area (TPSA) is 67.2 Å². The predicted molar refractivity (Wildman–Crippen MR) is 97.4 cm³/mol. The van der Waals surface area contributed by atoms with Crippen molar-refractivity contribution in [3.05, 3.63) is 29.4 Å². The smallest absolute Gasteiger partial charge is 0.244 e. The van der Waals surface area contributed by atoms with Crippen LogP contribution in [0.5, 0.6) is 0 Å². The Balaban J connectivity index is 1.53. The number of benzene rings is 1. The summed E-state index contributed by atoms with van der Waals surface area (Å²) >= 11 is 6.03. The minimum absolute atomic E-state index is 0.00405. The third-order valence-corrected chi connectivity index (χ3v) is 4.81. The number of nitrogens with one attached hydrogen (secondary N) is 1. The van der Waals surface area contributed by atoms with Crippen molar-refractivity contribution < 1.29 is 9.59 Å². The molecule has 0 radical (unpaired) electrons. The molecule has 1 aliphatic rings. The lowest BCUT2D eigenvalue weighted by Gasteiger charge is -2.29. The zero-order valence-electron chi connectivity index (χ0n) is 14.4. The normalized spacial score (nSPS) is 16.0. The van der Waals surface area contributed by atoms with Crippen molar-refractivity contribution >= 4 is 34.3 Å². The van der Waals surface area contributed by atoms with Gasteiger partial charge in [-0.25, -0.2) is 0 Å². The number of rotatable bonds is 5. The summed E-state index contributed by atoms with van der Waals surface area (Å²) in [5.74, 6) is -0.145. The van der Waals surface area contributed by atoms with Crippen LogP contribution in [-0.4, -0.2) is 45.6 Å². The lowest BCUT2D eigenvalue weighted by atomic mass is 10.1. The summed E-state index contributed by atoms with van der Waals surface area (Å²) < 4.78 is 1.76. The van der Waals surface area contributed by atoms with E-state index in [1.165, 1.54) is 6.42 Å². The Labute approximate surface area is 152 Å². The summed E-state index contributed by atoms with van der Waals surface area (Å²) in [5.41, 5.74) is 0.901. The van der Waals surface area contributed by atoms with Crippen LogP contribution in [0.2, 0.25) is 5.02 Å². The van der Waals surface area contributed by atoms with E-state index in [0.29, 0.717) is 11.6 Å². The van der Waals surface area contributed by atoms with Gasteiger partial charge in [-0.1, -0.05) is 11.6 Å². The average Bonchev–Trinajstić information content (AvgIpc) is 3.02. The van der Waals surface area contributed by atoms with Crippen molar-refractivity contribution in [2.75, 3.05) is 13.1 Å². The zero-order valence-corrected chi connectivity index (χ0v) is 15.1. The summed E-state index contributed by atoms with van der Waals surface area (Å²) in [7, 11) is 0. The number of carbonyl (C=O) groups is 2. The van der Waals surface area contributed by atoms with E-state index in [-0.39, 0.29) is 18.2 Å². The van der Waals surface area contributed by atoms with Gasteiger partial charge in [0.1, 0.15) is 6.04 Å². The summed E-state index contributed by atoms with van der Waals surface area (Å²) in [6.45, 7) is 3.77. The maximum absolute atomic E-state index is 12.4. The van der Waals surface area contributed by atoms with Crippen molar-refractivity contribution in [3.8, 4) is 0 Å². The lowest BCUT2D eigenvalue weighted by Crippen LogP contribution is -2.48. The van der Waals surface area contributed by atoms with Gasteiger partial charge in [-0.3, -0.25) is 14.3 Å². The molecule has 0 spiro atoms. The molecular formula is C18H23ClN4O2. The molecule has 0 saturated carbocycles. The number of hydrogen-bond donors (Lipinski definition) is 1. The minimum atomic E-state index is -0.491. The summed E-state index contributed by atoms with van der Waals surface area (Å²) in [4.78, 5) is 26.4. The zero-order chi connectivity index (χ0) is 17.8. The molecule has 1 N–H and O–H groups in total. The van der Waals surface area contributed by atoms with Gasteiger partial charge in [-0.2, -0.15) is 5.10 Å². The van der Waals surface area contributed by atoms with Crippen molar-refractivity contribution in [1.82, 2.24) is 20.0 Å². The fourth-order valence-electron chi connectivity index (χ4n) is 3.19. The van der Waals surface area contributed by atoms with E-state index in [4.69, 9.17) is 11.6 Å². The molecule has 2 heterocycles. The molecule has 25 heavy (non-hydrogen) atoms. The first-order valence-corrected chi connectivity index (χ1v) is 9.11. The van der Waals surface area contributed by atoms with E-state index in [0.717, 1.165) is 36.8 Å². The molecule has 1 atom stereocenters. The van der Waals surface area contributed by atoms with E-state index < -0.39 is 6.04 Å². The number of likely N-dealkylation sites (tertiary alicyclic amines) is 1. The Morgan fingerprint density at radius 3 is 2.80 bits per heavy atom. The van der Waals surface area contributed by atoms with Crippen LogP contribution in [0.3, 0.4) is 0 Å². The largest absolute Gasteiger partial charge is 0.345 e. The molecule has 1 fully saturated rings. The van der Waals surface area contributed by atoms with Gasteiger partial charge in [0, 0.05) is 29.9 Å². The van der Waals surface area contributed by atoms with Gasteiger partial charge in [0.25, 0.3) is 0 Å². The maximum Gasteiger partial charge on any atom is 0.244 e. The van der Waals surface area contributed by atoms with Crippen LogP contribution in [0.15, 0.2) is 24.4 Å². The molecule has 1 aliphatic heterocycles. The monoisotopic (exact) mass is 362 g/mol. The first-order chi connectivity index (χ1) is 12.0. The number of piperidine rings is 1. The third kappa shape index (κ3) is 4.31. The van der Waals surface area contributed by atoms with Crippen LogP contribution >= 0.6 is 11.6 Å². The number of nitrogens with zero attached hydrogens (tertiary/aromatic N) is 3. The van der Waals surface area contributed by atoms with Gasteiger partial charge in [-0.15, -0.1) is 0 Å². The van der Waals surface area contributed by atoms with Crippen molar-refractivity contribution in [2.24, 2.45) is 0 Å². The number of carbonyl (C=O) groups excluding carboxylic acids is 2. The fourth-order valence-corrected chi connectivity index (χ4v) is 3.36. The van der Waals surface area contributed by atoms with Crippen LogP contribution in [-0.2, 0) is 16.1 Å². The SMILES string of the molecule is C[C@@H](NC(=O)CCn1ncc2ccc(Cl)cc21)C(=O)N1CCCCC1. The summed E-state index contributed by atoms with van der Waals surface area (Å²) in [5, 5.41) is 8.72. The maximum atomic E-state index is 12.4. The molecule has 1 aromatic heterocycles. The standard InChI is InChI=1S/C18H23ClN4O2/c1-13(18(25)22-8-3-2-4-9-22)21-17(24)7-10-23-16-11-15(19)6-5-14(16)12-20-23/h5-6,11-13H,2-4,7-10H2,1H3,(H,21,24)/t13-/m1/s1. The Kier molecular flexibility index (Phi) is 5.58. The highest BCUT2D eigenvalue weighted by molar-refractivity contribution is 6.31. The number of aryl methyl sites for hydroxylation is 1. The lowest BCUT2D eigenvalue weighted by molar-refractivity contribution is -0.136. The molecule has 2 aromatic rings. The Morgan fingerprint density at radius 1 is 1.28 bits per heavy atom. The Hall–Kier alpha value is -2.08. The van der Waals surface area contributed by atoms with Crippen LogP contribution in [0.25, 0.3) is 10.9 Å². The molecule has 6 nitrogen and oxygen atoms in total. The van der Waals surface area contributed by atoms with Gasteiger partial charge in [0.15, 0.2) is 0 Å². The van der Waals surface area contributed by atoms with Crippen LogP contribution in [0.1, 0.15) is 32.6 Å². The van der Waals surface area contributed by atoms with Gasteiger partial charge in [-0.05, 0) is 44.4 Å². The molecule has 0 aliphatic carbocycles. The molecular weight excluding hydrogens is 340 g/mol. The number of hydrogen-bond acceptors (Lipinski definition) is 3. The molecule has 3 rings (SSSR count). The van der Waals surface area contributed by atoms with Gasteiger partial charge < -0.3 is 10.2 Å². The molecule has 0 unspecified atom stereocenters. The Bertz CT molecular complexity index is 768. The molecule has 0 bridgehead atoms. The van der Waals surface area contributed by atoms with E-state index in [2.05, 4.69) is 10.4 Å². The highest BCUT2D eigenvalue weighted by atomic mass is 35.5. The van der Waals surface area contributed by atoms with Crippen molar-refractivity contribution in [3.63, 3.8) is 0 Å². The molecule has 1 aromatic carbocycles. The highest BCUT2D eigenvalue weighted by Crippen LogP contribution is 2.19. The first-order valence-electron chi connectivity index (χ1n) is 8.74. The predicted octanol–water partition coefficient (Wildman–Crippen LogP) is 2.60. The Morgan fingerprint density at radius 2 is 2.04 bits per heavy atom. The van der Waals surface area contributed by atoms with Crippen LogP contribution < -0.4 is 5.32 Å². The van der Waals surface area contributed by atoms with Crippen LogP contribution in [0.4, 0.5) is 0 Å². The number of fused-ring (bicyclic) bond motifs is 1. The highest BCUT2D eigenvalue weighted by Gasteiger charge is 2.23. The fraction of sp³-hybridized carbons (Fsp3) is 0.500. The van der Waals surface area contributed by atoms with Crippen molar-refractivity contribution in [1.29, 1.82) is 0 Å². The van der Waals surface area contributed by atoms with E-state index >= 15 is 0 Å². The van der Waals surface area contributed by atoms with Crippen LogP contribution in [0, 0.1) is 0 Å². The number of amides is 2. The second kappa shape index (κ2) is 7.87. The number of halogens is 1. The summed E-state index contributed by atoms with van der Waals surface area (Å²) in [6.07, 6.45) is 5.28. The second-order valence-electron chi connectivity index (χ2n) is 6.50. The molecule has 134 valence electrons. The van der Waals surface area contributed by atoms with E-state index in [1.807, 2.05) is 23.1 Å². The minimum Gasteiger partial charge on any atom is -0.345 e. The summed E-state index contributed by atoms with van der Waals surface area (Å²) in [6, 6.07) is 5.07. The molecule has 2 amide bonds. The van der Waals surface area contributed by atoms with E-state index in [1.54, 1.807) is 17.8 Å². The van der Waals surface area contributed by atoms with Crippen molar-refractivity contribution in [2.45, 2.75) is 45.2 Å².